The van der Waals surface area contributed by atoms with Crippen LogP contribution in [-0.4, -0.2) is 71.3 Å². The topological polar surface area (TPSA) is 110 Å². The summed E-state index contributed by atoms with van der Waals surface area (Å²) in [7, 11) is 3.85. The Hall–Kier alpha value is -4.29. The predicted octanol–water partition coefficient (Wildman–Crippen LogP) is 4.62. The highest BCUT2D eigenvalue weighted by Gasteiger charge is 2.26. The van der Waals surface area contributed by atoms with E-state index < -0.39 is 28.9 Å². The van der Waals surface area contributed by atoms with E-state index in [4.69, 9.17) is 0 Å². The normalized spacial score (nSPS) is 14.4. The summed E-state index contributed by atoms with van der Waals surface area (Å²) >= 11 is 0. The van der Waals surface area contributed by atoms with Crippen LogP contribution in [0.4, 0.5) is 24.5 Å². The number of likely N-dealkylation sites (tertiary alicyclic amines) is 1. The molecule has 0 bridgehead atoms. The van der Waals surface area contributed by atoms with Gasteiger partial charge >= 0.3 is 0 Å². The van der Waals surface area contributed by atoms with Crippen LogP contribution in [0.15, 0.2) is 54.7 Å². The van der Waals surface area contributed by atoms with Gasteiger partial charge in [-0.25, -0.2) is 13.2 Å². The van der Waals surface area contributed by atoms with Gasteiger partial charge in [-0.2, -0.15) is 5.10 Å². The number of amides is 2. The first-order chi connectivity index (χ1) is 20.1. The molecule has 4 rings (SSSR count). The van der Waals surface area contributed by atoms with Crippen molar-refractivity contribution in [1.82, 2.24) is 20.0 Å². The van der Waals surface area contributed by atoms with Gasteiger partial charge in [-0.1, -0.05) is 18.2 Å². The third-order valence-corrected chi connectivity index (χ3v) is 6.92. The highest BCUT2D eigenvalue weighted by molar-refractivity contribution is 6.09. The number of nitrogens with zero attached hydrogens (tertiary/aromatic N) is 3. The maximum Gasteiger partial charge on any atom is 0.261 e. The number of hydrogen-bond acceptors (Lipinski definition) is 6. The summed E-state index contributed by atoms with van der Waals surface area (Å²) in [4.78, 5) is 41.9. The molecule has 9 nitrogen and oxygen atoms in total. The Balaban J connectivity index is 1.27. The van der Waals surface area contributed by atoms with Crippen molar-refractivity contribution in [3.63, 3.8) is 0 Å². The largest absolute Gasteiger partial charge is 0.323 e. The van der Waals surface area contributed by atoms with Crippen LogP contribution in [0.25, 0.3) is 0 Å². The van der Waals surface area contributed by atoms with E-state index in [0.29, 0.717) is 25.2 Å². The molecule has 0 unspecified atom stereocenters. The Bertz CT molecular complexity index is 1440. The van der Waals surface area contributed by atoms with Crippen LogP contribution >= 0.6 is 0 Å². The molecule has 0 spiro atoms. The molecule has 1 saturated heterocycles. The van der Waals surface area contributed by atoms with Gasteiger partial charge in [-0.15, -0.1) is 0 Å². The molecule has 1 aromatic heterocycles. The van der Waals surface area contributed by atoms with E-state index in [-0.39, 0.29) is 35.4 Å². The number of piperidine rings is 1. The predicted molar refractivity (Wildman–Crippen MR) is 153 cm³/mol. The van der Waals surface area contributed by atoms with Gasteiger partial charge in [0.15, 0.2) is 5.78 Å². The van der Waals surface area contributed by atoms with E-state index >= 15 is 0 Å². The fraction of sp³-hybridized carbons (Fsp3) is 0.333. The second kappa shape index (κ2) is 14.1. The highest BCUT2D eigenvalue weighted by Crippen LogP contribution is 2.26. The molecule has 3 aromatic rings. The van der Waals surface area contributed by atoms with E-state index in [9.17, 15) is 27.6 Å². The maximum absolute atomic E-state index is 14.0. The van der Waals surface area contributed by atoms with Crippen molar-refractivity contribution in [2.75, 3.05) is 44.4 Å². The molecule has 1 fully saturated rings. The second-order valence-corrected chi connectivity index (χ2v) is 10.6. The summed E-state index contributed by atoms with van der Waals surface area (Å²) in [5, 5.41) is 11.5. The maximum atomic E-state index is 14.0. The molecular formula is C30H33F3N6O3. The number of aromatic amines is 1. The van der Waals surface area contributed by atoms with Gasteiger partial charge in [-0.05, 0) is 63.6 Å². The number of halogens is 3. The Morgan fingerprint density at radius 1 is 1.07 bits per heavy atom. The summed E-state index contributed by atoms with van der Waals surface area (Å²) in [6.45, 7) is 2.93. The summed E-state index contributed by atoms with van der Waals surface area (Å²) in [6.07, 6.45) is 6.27. The highest BCUT2D eigenvalue weighted by atomic mass is 19.1. The van der Waals surface area contributed by atoms with Gasteiger partial charge in [0.25, 0.3) is 5.91 Å². The fourth-order valence-corrected chi connectivity index (χ4v) is 4.81. The summed E-state index contributed by atoms with van der Waals surface area (Å²) < 4.78 is 41.2. The number of carbonyl (C=O) groups excluding carboxylic acids is 3. The molecular weight excluding hydrogens is 549 g/mol. The lowest BCUT2D eigenvalue weighted by molar-refractivity contribution is -0.111. The number of ketones is 1. The van der Waals surface area contributed by atoms with Gasteiger partial charge in [-0.3, -0.25) is 24.4 Å². The van der Waals surface area contributed by atoms with Crippen LogP contribution in [0.1, 0.15) is 45.7 Å². The number of rotatable bonds is 11. The van der Waals surface area contributed by atoms with Crippen molar-refractivity contribution in [3.05, 3.63) is 89.0 Å². The number of aromatic nitrogens is 2. The van der Waals surface area contributed by atoms with E-state index in [1.165, 1.54) is 12.3 Å². The van der Waals surface area contributed by atoms with E-state index in [0.717, 1.165) is 37.2 Å². The van der Waals surface area contributed by atoms with Crippen molar-refractivity contribution in [2.45, 2.75) is 25.8 Å². The van der Waals surface area contributed by atoms with Gasteiger partial charge in [0.2, 0.25) is 5.91 Å². The molecule has 1 aliphatic heterocycles. The van der Waals surface area contributed by atoms with Crippen LogP contribution in [0.2, 0.25) is 0 Å². The number of benzene rings is 2. The minimum absolute atomic E-state index is 0.00859. The second-order valence-electron chi connectivity index (χ2n) is 10.6. The molecule has 1 aliphatic rings. The fourth-order valence-electron chi connectivity index (χ4n) is 4.81. The lowest BCUT2D eigenvalue weighted by Crippen LogP contribution is -2.34. The van der Waals surface area contributed by atoms with Gasteiger partial charge in [0.1, 0.15) is 28.7 Å². The number of Topliss-reactive ketones (excluding diaryl/α,β-unsaturated/α-hetero) is 1. The van der Waals surface area contributed by atoms with E-state index in [1.54, 1.807) is 6.08 Å². The molecule has 0 radical (unpaired) electrons. The number of carbonyl (C=O) groups is 3. The van der Waals surface area contributed by atoms with Crippen LogP contribution in [0, 0.1) is 23.4 Å². The molecule has 0 atom stereocenters. The molecule has 0 saturated carbocycles. The van der Waals surface area contributed by atoms with Crippen molar-refractivity contribution in [2.24, 2.45) is 5.92 Å². The number of nitrogens with one attached hydrogen (secondary N) is 3. The lowest BCUT2D eigenvalue weighted by Gasteiger charge is -2.31. The van der Waals surface area contributed by atoms with Crippen LogP contribution in [0.5, 0.6) is 0 Å². The van der Waals surface area contributed by atoms with E-state index in [2.05, 4.69) is 25.7 Å². The van der Waals surface area contributed by atoms with Gasteiger partial charge < -0.3 is 15.5 Å². The average molecular weight is 583 g/mol. The monoisotopic (exact) mass is 582 g/mol. The van der Waals surface area contributed by atoms with Gasteiger partial charge in [0, 0.05) is 43.4 Å². The third-order valence-electron chi connectivity index (χ3n) is 6.92. The minimum atomic E-state index is -1.35. The van der Waals surface area contributed by atoms with Crippen molar-refractivity contribution in [3.8, 4) is 0 Å². The zero-order chi connectivity index (χ0) is 30.2. The number of hydrogen-bond donors (Lipinski definition) is 3. The van der Waals surface area contributed by atoms with E-state index in [1.807, 2.05) is 43.3 Å². The molecule has 2 aromatic carbocycles. The summed E-state index contributed by atoms with van der Waals surface area (Å²) in [5.74, 6) is -5.37. The summed E-state index contributed by atoms with van der Waals surface area (Å²) in [6, 6.07) is 8.52. The Kier molecular flexibility index (Phi) is 10.3. The molecule has 42 heavy (non-hydrogen) atoms. The Morgan fingerprint density at radius 3 is 2.48 bits per heavy atom. The Labute approximate surface area is 241 Å². The SMILES string of the molecule is CN(C)C/C=C/C(=O)Nc1cccc(CN2CCC(CC(=O)c3[nH]ncc3NC(=O)c3c(F)cc(F)cc3F)CC2)c1. The van der Waals surface area contributed by atoms with Crippen molar-refractivity contribution in [1.29, 1.82) is 0 Å². The number of H-pyrrole nitrogens is 1. The average Bonchev–Trinajstić information content (AvgIpc) is 3.37. The van der Waals surface area contributed by atoms with Crippen molar-refractivity contribution < 1.29 is 27.6 Å². The van der Waals surface area contributed by atoms with Crippen LogP contribution in [0.3, 0.4) is 0 Å². The third kappa shape index (κ3) is 8.37. The summed E-state index contributed by atoms with van der Waals surface area (Å²) in [5.41, 5.74) is 0.856. The minimum Gasteiger partial charge on any atom is -0.323 e. The lowest BCUT2D eigenvalue weighted by atomic mass is 9.90. The first kappa shape index (κ1) is 30.7. The Morgan fingerprint density at radius 2 is 1.79 bits per heavy atom. The molecule has 2 heterocycles. The smallest absolute Gasteiger partial charge is 0.261 e. The molecule has 0 aliphatic carbocycles. The number of likely N-dealkylation sites (N-methyl/N-ethyl adjacent to an activating group) is 1. The quantitative estimate of drug-likeness (QED) is 0.225. The zero-order valence-corrected chi connectivity index (χ0v) is 23.4. The molecule has 3 N–H and O–H groups in total. The first-order valence-electron chi connectivity index (χ1n) is 13.5. The van der Waals surface area contributed by atoms with Gasteiger partial charge in [0.05, 0.1) is 11.9 Å². The van der Waals surface area contributed by atoms with Crippen LogP contribution in [-0.2, 0) is 11.3 Å². The molecule has 12 heteroatoms. The zero-order valence-electron chi connectivity index (χ0n) is 23.4. The standard InChI is InChI=1S/C30H33F3N6O3/c1-38(2)10-4-7-27(41)35-22-6-3-5-20(13-22)18-39-11-8-19(9-12-39)14-26(40)29-25(17-34-37-29)36-30(42)28-23(32)15-21(31)16-24(28)33/h3-7,13,15-17,19H,8-12,14,18H2,1-2H3,(H,34,37)(H,35,41)(H,36,42)/b7-4+. The number of anilines is 2. The van der Waals surface area contributed by atoms with Crippen LogP contribution < -0.4 is 10.6 Å². The first-order valence-corrected chi connectivity index (χ1v) is 13.5. The molecule has 222 valence electrons. The van der Waals surface area contributed by atoms with Crippen molar-refractivity contribution >= 4 is 29.0 Å². The molecule has 2 amide bonds.